The molecule has 1 aromatic carbocycles. The Hall–Kier alpha value is -3.07. The third kappa shape index (κ3) is 4.34. The smallest absolute Gasteiger partial charge is 0.326 e. The van der Waals surface area contributed by atoms with E-state index in [1.54, 1.807) is 21.0 Å². The first-order chi connectivity index (χ1) is 18.2. The third-order valence-electron chi connectivity index (χ3n) is 8.95. The Morgan fingerprint density at radius 3 is 2.76 bits per heavy atom. The summed E-state index contributed by atoms with van der Waals surface area (Å²) in [7, 11) is 3.86. The fourth-order valence-electron chi connectivity index (χ4n) is 7.12. The Kier molecular flexibility index (Phi) is 7.15. The maximum Gasteiger partial charge on any atom is 0.326 e. The molecular formula is C29H38N2O7. The molecule has 9 heteroatoms. The SMILES string of the molecule is COc1ccc2c3c1O[C@H]1[C@@H](CC(=O)OCCCC(=O)NC(C(=O)O)C(C)C)C=CC4[C@@H](C2)N(C)CC[C@@]341. The monoisotopic (exact) mass is 526 g/mol. The number of hydrogen-bond donors (Lipinski definition) is 2. The molecule has 0 aromatic heterocycles. The number of piperidine rings is 1. The standard InChI is InChI=1S/C29H38N2O7/c1-16(2)25(28(34)35)30-22(32)6-5-13-37-23(33)15-18-7-9-19-20-14-17-8-10-21(36-4)26-24(17)29(19,27(18)38-26)11-12-31(20)3/h7-10,16,18-20,25,27H,5-6,11-15H2,1-4H3,(H,30,32)(H,34,35)/t18-,19?,20-,25?,27+,29+/m1/s1. The number of rotatable bonds is 10. The van der Waals surface area contributed by atoms with Crippen molar-refractivity contribution in [2.75, 3.05) is 27.3 Å². The van der Waals surface area contributed by atoms with E-state index in [0.29, 0.717) is 18.4 Å². The van der Waals surface area contributed by atoms with Crippen LogP contribution in [0.3, 0.4) is 0 Å². The predicted octanol–water partition coefficient (Wildman–Crippen LogP) is 2.70. The summed E-state index contributed by atoms with van der Waals surface area (Å²) in [5.74, 6) is -0.207. The first-order valence-electron chi connectivity index (χ1n) is 13.6. The number of aliphatic carboxylic acids is 1. The van der Waals surface area contributed by atoms with Crippen LogP contribution in [-0.2, 0) is 31.0 Å². The van der Waals surface area contributed by atoms with Crippen molar-refractivity contribution in [2.24, 2.45) is 17.8 Å². The molecule has 2 heterocycles. The molecule has 1 spiro atoms. The van der Waals surface area contributed by atoms with E-state index >= 15 is 0 Å². The van der Waals surface area contributed by atoms with Crippen molar-refractivity contribution in [2.45, 2.75) is 69.6 Å². The first-order valence-corrected chi connectivity index (χ1v) is 13.6. The molecule has 2 aliphatic heterocycles. The van der Waals surface area contributed by atoms with E-state index in [-0.39, 0.29) is 54.7 Å². The third-order valence-corrected chi connectivity index (χ3v) is 8.95. The van der Waals surface area contributed by atoms with Gasteiger partial charge < -0.3 is 29.5 Å². The lowest BCUT2D eigenvalue weighted by molar-refractivity contribution is -0.146. The number of hydrogen-bond acceptors (Lipinski definition) is 7. The van der Waals surface area contributed by atoms with Crippen LogP contribution in [0.2, 0.25) is 0 Å². The molecule has 6 atom stereocenters. The molecule has 9 nitrogen and oxygen atoms in total. The number of likely N-dealkylation sites (tertiary alicyclic amines) is 1. The number of amides is 1. The topological polar surface area (TPSA) is 114 Å². The van der Waals surface area contributed by atoms with Gasteiger partial charge in [0.2, 0.25) is 5.91 Å². The summed E-state index contributed by atoms with van der Waals surface area (Å²) in [5.41, 5.74) is 2.41. The number of carboxylic acid groups (broad SMARTS) is 1. The Labute approximate surface area is 223 Å². The molecular weight excluding hydrogens is 488 g/mol. The van der Waals surface area contributed by atoms with Crippen LogP contribution in [0, 0.1) is 17.8 Å². The molecule has 1 aromatic rings. The molecule has 38 heavy (non-hydrogen) atoms. The summed E-state index contributed by atoms with van der Waals surface area (Å²) < 4.78 is 17.8. The van der Waals surface area contributed by atoms with Gasteiger partial charge in [-0.1, -0.05) is 32.1 Å². The number of carboxylic acids is 1. The second-order valence-corrected chi connectivity index (χ2v) is 11.4. The zero-order chi connectivity index (χ0) is 27.2. The summed E-state index contributed by atoms with van der Waals surface area (Å²) in [6.45, 7) is 4.56. The second-order valence-electron chi connectivity index (χ2n) is 11.4. The van der Waals surface area contributed by atoms with Gasteiger partial charge in [-0.05, 0) is 50.4 Å². The lowest BCUT2D eigenvalue weighted by atomic mass is 9.52. The van der Waals surface area contributed by atoms with Crippen molar-refractivity contribution in [3.8, 4) is 11.5 Å². The van der Waals surface area contributed by atoms with Crippen LogP contribution in [0.1, 0.15) is 50.7 Å². The summed E-state index contributed by atoms with van der Waals surface area (Å²) in [4.78, 5) is 38.7. The van der Waals surface area contributed by atoms with Crippen LogP contribution in [-0.4, -0.2) is 73.3 Å². The summed E-state index contributed by atoms with van der Waals surface area (Å²) in [6, 6.07) is 3.63. The maximum absolute atomic E-state index is 12.9. The van der Waals surface area contributed by atoms with E-state index in [9.17, 15) is 19.5 Å². The van der Waals surface area contributed by atoms with Crippen molar-refractivity contribution < 1.29 is 33.7 Å². The molecule has 5 rings (SSSR count). The normalized spacial score (nSPS) is 29.3. The van der Waals surface area contributed by atoms with Crippen LogP contribution in [0.4, 0.5) is 0 Å². The van der Waals surface area contributed by atoms with Gasteiger partial charge >= 0.3 is 11.9 Å². The highest BCUT2D eigenvalue weighted by Gasteiger charge is 2.64. The van der Waals surface area contributed by atoms with Crippen molar-refractivity contribution in [1.82, 2.24) is 10.2 Å². The zero-order valence-corrected chi connectivity index (χ0v) is 22.6. The number of ether oxygens (including phenoxy) is 3. The highest BCUT2D eigenvalue weighted by atomic mass is 16.5. The van der Waals surface area contributed by atoms with Crippen LogP contribution < -0.4 is 14.8 Å². The van der Waals surface area contributed by atoms with Gasteiger partial charge in [-0.15, -0.1) is 0 Å². The second kappa shape index (κ2) is 10.2. The lowest BCUT2D eigenvalue weighted by Gasteiger charge is -2.57. The molecule has 1 amide bonds. The number of nitrogens with one attached hydrogen (secondary N) is 1. The van der Waals surface area contributed by atoms with E-state index in [4.69, 9.17) is 14.2 Å². The molecule has 0 saturated carbocycles. The van der Waals surface area contributed by atoms with Crippen molar-refractivity contribution in [3.63, 3.8) is 0 Å². The quantitative estimate of drug-likeness (QED) is 0.272. The van der Waals surface area contributed by atoms with Gasteiger partial charge in [0.25, 0.3) is 0 Å². The average Bonchev–Trinajstić information content (AvgIpc) is 3.23. The minimum Gasteiger partial charge on any atom is -0.493 e. The fraction of sp³-hybridized carbons (Fsp3) is 0.621. The number of likely N-dealkylation sites (N-methyl/N-ethyl adjacent to an activating group) is 1. The summed E-state index contributed by atoms with van der Waals surface area (Å²) in [5, 5.41) is 11.8. The van der Waals surface area contributed by atoms with E-state index in [2.05, 4.69) is 35.5 Å². The number of carbonyl (C=O) groups is 3. The van der Waals surface area contributed by atoms with Gasteiger partial charge in [0, 0.05) is 35.3 Å². The van der Waals surface area contributed by atoms with Crippen molar-refractivity contribution >= 4 is 17.8 Å². The van der Waals surface area contributed by atoms with Gasteiger partial charge in [0.15, 0.2) is 11.5 Å². The van der Waals surface area contributed by atoms with Gasteiger partial charge in [-0.3, -0.25) is 9.59 Å². The van der Waals surface area contributed by atoms with Crippen LogP contribution >= 0.6 is 0 Å². The predicted molar refractivity (Wildman–Crippen MR) is 139 cm³/mol. The van der Waals surface area contributed by atoms with Crippen LogP contribution in [0.15, 0.2) is 24.3 Å². The molecule has 2 bridgehead atoms. The molecule has 4 aliphatic rings. The van der Waals surface area contributed by atoms with Gasteiger partial charge in [0.05, 0.1) is 20.1 Å². The molecule has 2 unspecified atom stereocenters. The minimum absolute atomic E-state index is 0.0937. The summed E-state index contributed by atoms with van der Waals surface area (Å²) >= 11 is 0. The van der Waals surface area contributed by atoms with Crippen molar-refractivity contribution in [1.29, 1.82) is 0 Å². The fourth-order valence-corrected chi connectivity index (χ4v) is 7.12. The van der Waals surface area contributed by atoms with Crippen LogP contribution in [0.25, 0.3) is 0 Å². The largest absolute Gasteiger partial charge is 0.493 e. The number of nitrogens with zero attached hydrogens (tertiary/aromatic N) is 1. The Bertz CT molecular complexity index is 1150. The molecule has 1 saturated heterocycles. The molecule has 2 N–H and O–H groups in total. The van der Waals surface area contributed by atoms with Gasteiger partial charge in [-0.2, -0.15) is 0 Å². The molecule has 2 aliphatic carbocycles. The van der Waals surface area contributed by atoms with Gasteiger partial charge in [0.1, 0.15) is 12.1 Å². The Morgan fingerprint density at radius 2 is 2.05 bits per heavy atom. The maximum atomic E-state index is 12.9. The van der Waals surface area contributed by atoms with Crippen molar-refractivity contribution in [3.05, 3.63) is 35.4 Å². The number of esters is 1. The zero-order valence-electron chi connectivity index (χ0n) is 22.6. The number of benzene rings is 1. The first kappa shape index (κ1) is 26.5. The molecule has 1 fully saturated rings. The highest BCUT2D eigenvalue weighted by molar-refractivity contribution is 5.83. The van der Waals surface area contributed by atoms with E-state index in [0.717, 1.165) is 30.9 Å². The average molecular weight is 527 g/mol. The molecule has 206 valence electrons. The highest BCUT2D eigenvalue weighted by Crippen LogP contribution is 2.63. The minimum atomic E-state index is -1.06. The van der Waals surface area contributed by atoms with E-state index in [1.165, 1.54) is 11.1 Å². The summed E-state index contributed by atoms with van der Waals surface area (Å²) in [6.07, 6.45) is 6.82. The number of carbonyl (C=O) groups excluding carboxylic acids is 2. The Balaban J connectivity index is 1.23. The van der Waals surface area contributed by atoms with E-state index in [1.807, 2.05) is 6.07 Å². The van der Waals surface area contributed by atoms with Gasteiger partial charge in [-0.25, -0.2) is 4.79 Å². The van der Waals surface area contributed by atoms with E-state index < -0.39 is 12.0 Å². The number of methoxy groups -OCH3 is 1. The Morgan fingerprint density at radius 1 is 1.26 bits per heavy atom. The van der Waals surface area contributed by atoms with Crippen LogP contribution in [0.5, 0.6) is 11.5 Å². The molecule has 0 radical (unpaired) electrons. The lowest BCUT2D eigenvalue weighted by Crippen LogP contribution is -2.64.